The number of ether oxygens (including phenoxy) is 1. The van der Waals surface area contributed by atoms with Crippen molar-refractivity contribution < 1.29 is 47.5 Å². The Labute approximate surface area is 188 Å². The van der Waals surface area contributed by atoms with Gasteiger partial charge in [-0.3, -0.25) is 9.63 Å². The van der Waals surface area contributed by atoms with Crippen LogP contribution in [0.15, 0.2) is 0 Å². The van der Waals surface area contributed by atoms with Gasteiger partial charge >= 0.3 is 24.2 Å². The predicted octanol–water partition coefficient (Wildman–Crippen LogP) is 1.31. The number of hydrogen-bond donors (Lipinski definition) is 2. The Balaban J connectivity index is 1.51. The third-order valence-electron chi connectivity index (χ3n) is 5.54. The van der Waals surface area contributed by atoms with Gasteiger partial charge in [-0.15, -0.1) is 0 Å². The van der Waals surface area contributed by atoms with Gasteiger partial charge in [0.2, 0.25) is 0 Å². The molecule has 0 aromatic heterocycles. The van der Waals surface area contributed by atoms with Crippen molar-refractivity contribution in [3.63, 3.8) is 0 Å². The minimum Gasteiger partial charge on any atom is -0.475 e. The lowest BCUT2D eigenvalue weighted by Gasteiger charge is -2.30. The van der Waals surface area contributed by atoms with Gasteiger partial charge in [-0.25, -0.2) is 19.9 Å². The molecule has 3 rings (SSSR count). The van der Waals surface area contributed by atoms with Crippen molar-refractivity contribution in [2.75, 3.05) is 19.7 Å². The molecule has 3 saturated heterocycles. The van der Waals surface area contributed by atoms with Crippen LogP contribution in [-0.2, 0) is 24.0 Å². The molecule has 3 fully saturated rings. The summed E-state index contributed by atoms with van der Waals surface area (Å²) in [5.41, 5.74) is 1.61. The summed E-state index contributed by atoms with van der Waals surface area (Å²) in [5, 5.41) is 8.84. The number of carboxylic acid groups (broad SMARTS) is 1. The molecule has 14 heteroatoms. The van der Waals surface area contributed by atoms with Crippen LogP contribution in [0.4, 0.5) is 18.4 Å². The van der Waals surface area contributed by atoms with Crippen LogP contribution in [0.1, 0.15) is 46.5 Å². The lowest BCUT2D eigenvalue weighted by Crippen LogP contribution is -2.50. The van der Waals surface area contributed by atoms with Crippen LogP contribution in [0, 0.1) is 0 Å². The summed E-state index contributed by atoms with van der Waals surface area (Å²) in [7, 11) is 0. The second-order valence-electron chi connectivity index (χ2n) is 9.17. The molecular weight excluding hydrogens is 450 g/mol. The average Bonchev–Trinajstić information content (AvgIpc) is 3.26. The molecule has 2 N–H and O–H groups in total. The molecule has 0 aromatic carbocycles. The van der Waals surface area contributed by atoms with E-state index in [4.69, 9.17) is 14.7 Å². The number of carbonyl (C=O) groups is 4. The van der Waals surface area contributed by atoms with Gasteiger partial charge in [0, 0.05) is 13.1 Å². The van der Waals surface area contributed by atoms with E-state index in [9.17, 15) is 28.0 Å². The minimum atomic E-state index is -4.57. The summed E-state index contributed by atoms with van der Waals surface area (Å²) in [6.45, 7) is 5.72. The quantitative estimate of drug-likeness (QED) is 0.523. The molecule has 186 valence electrons. The van der Waals surface area contributed by atoms with E-state index in [0.717, 1.165) is 11.3 Å². The molecule has 0 spiro atoms. The first-order valence-corrected chi connectivity index (χ1v) is 10.6. The number of piperidine rings is 1. The van der Waals surface area contributed by atoms with Crippen LogP contribution >= 0.6 is 0 Å². The van der Waals surface area contributed by atoms with E-state index in [-0.39, 0.29) is 32.0 Å². The van der Waals surface area contributed by atoms with Crippen molar-refractivity contribution >= 4 is 24.0 Å². The van der Waals surface area contributed by atoms with Gasteiger partial charge in [0.15, 0.2) is 0 Å². The molecule has 12 nitrogen and oxygen atoms in total. The summed E-state index contributed by atoms with van der Waals surface area (Å²) in [6, 6.07) is -3.11. The molecule has 0 aliphatic carbocycles. The number of aliphatic carboxylic acids is 1. The number of hydrogen-bond acceptors (Lipinski definition) is 7. The average molecular weight is 478 g/mol. The molecule has 3 aliphatic rings. The van der Waals surface area contributed by atoms with E-state index in [1.165, 1.54) is 4.90 Å². The molecule has 3 aliphatic heterocycles. The fourth-order valence-electron chi connectivity index (χ4n) is 4.03. The summed E-state index contributed by atoms with van der Waals surface area (Å²) < 4.78 is 32.2. The van der Waals surface area contributed by atoms with E-state index in [1.54, 1.807) is 20.8 Å². The van der Waals surface area contributed by atoms with Gasteiger partial charge in [-0.05, 0) is 46.5 Å². The van der Waals surface area contributed by atoms with Crippen LogP contribution in [0.3, 0.4) is 0 Å². The van der Waals surface area contributed by atoms with Crippen molar-refractivity contribution in [1.29, 1.82) is 0 Å². The fourth-order valence-corrected chi connectivity index (χ4v) is 4.03. The zero-order chi connectivity index (χ0) is 24.6. The van der Waals surface area contributed by atoms with Crippen molar-refractivity contribution in [2.24, 2.45) is 0 Å². The number of halogens is 2. The number of carboxylic acids is 1. The van der Waals surface area contributed by atoms with E-state index in [0.29, 0.717) is 18.0 Å². The minimum absolute atomic E-state index is 0.00828. The van der Waals surface area contributed by atoms with E-state index in [1.807, 2.05) is 0 Å². The van der Waals surface area contributed by atoms with Crippen LogP contribution in [0.5, 0.6) is 0 Å². The van der Waals surface area contributed by atoms with Gasteiger partial charge in [0.05, 0.1) is 18.7 Å². The molecule has 2 bridgehead atoms. The Morgan fingerprint density at radius 2 is 1.88 bits per heavy atom. The van der Waals surface area contributed by atoms with Gasteiger partial charge < -0.3 is 19.6 Å². The lowest BCUT2D eigenvalue weighted by atomic mass is 10.0. The highest BCUT2D eigenvalue weighted by Gasteiger charge is 2.53. The maximum atomic E-state index is 13.4. The standard InChI is InChI=1S/C19H28F2N4O8/c1-18(2,3)32-17(30)23-8-4-5-12(23)10-31-22-14(26)13-7-6-11-9-24(13)16(29)25(11)33-19(20,21)15(27)28/h11-13H,4-10H2,1-3H3,(H,22,26)(H,27,28)/t11-,12-,13-/m0/s1. The number of alkyl halides is 2. The third kappa shape index (κ3) is 5.61. The number of fused-ring (bicyclic) bond motifs is 2. The summed E-state index contributed by atoms with van der Waals surface area (Å²) >= 11 is 0. The Morgan fingerprint density at radius 1 is 1.18 bits per heavy atom. The second kappa shape index (κ2) is 9.25. The van der Waals surface area contributed by atoms with Gasteiger partial charge in [-0.1, -0.05) is 0 Å². The number of nitrogens with one attached hydrogen (secondary N) is 1. The Kier molecular flexibility index (Phi) is 6.98. The lowest BCUT2D eigenvalue weighted by molar-refractivity contribution is -0.327. The summed E-state index contributed by atoms with van der Waals surface area (Å²) in [6.07, 6.45) is -3.32. The first-order chi connectivity index (χ1) is 15.3. The molecule has 3 atom stereocenters. The van der Waals surface area contributed by atoms with Crippen LogP contribution in [-0.4, -0.2) is 93.5 Å². The summed E-state index contributed by atoms with van der Waals surface area (Å²) in [5.74, 6) is -3.18. The Morgan fingerprint density at radius 3 is 2.52 bits per heavy atom. The highest BCUT2D eigenvalue weighted by atomic mass is 19.3. The molecular formula is C19H28F2N4O8. The zero-order valence-electron chi connectivity index (χ0n) is 18.6. The SMILES string of the molecule is CC(C)(C)OC(=O)N1CCC[C@H]1CONC(=O)[C@@H]1CC[C@H]2CN1C(=O)N2OC(F)(F)C(=O)O. The van der Waals surface area contributed by atoms with Crippen LogP contribution in [0.2, 0.25) is 0 Å². The van der Waals surface area contributed by atoms with Crippen molar-refractivity contribution in [1.82, 2.24) is 20.3 Å². The molecule has 3 heterocycles. The zero-order valence-corrected chi connectivity index (χ0v) is 18.6. The number of likely N-dealkylation sites (tertiary alicyclic amines) is 1. The maximum absolute atomic E-state index is 13.4. The molecule has 0 unspecified atom stereocenters. The number of rotatable bonds is 7. The van der Waals surface area contributed by atoms with Crippen molar-refractivity contribution in [3.8, 4) is 0 Å². The molecule has 33 heavy (non-hydrogen) atoms. The topological polar surface area (TPSA) is 138 Å². The molecule has 0 aromatic rings. The van der Waals surface area contributed by atoms with E-state index in [2.05, 4.69) is 10.3 Å². The number of amides is 4. The maximum Gasteiger partial charge on any atom is 0.476 e. The van der Waals surface area contributed by atoms with Crippen LogP contribution in [0.25, 0.3) is 0 Å². The largest absolute Gasteiger partial charge is 0.476 e. The smallest absolute Gasteiger partial charge is 0.475 e. The normalized spacial score (nSPS) is 25.4. The summed E-state index contributed by atoms with van der Waals surface area (Å²) in [4.78, 5) is 59.9. The second-order valence-corrected chi connectivity index (χ2v) is 9.17. The highest BCUT2D eigenvalue weighted by Crippen LogP contribution is 2.33. The Bertz CT molecular complexity index is 805. The van der Waals surface area contributed by atoms with E-state index < -0.39 is 47.8 Å². The van der Waals surface area contributed by atoms with Gasteiger partial charge in [0.25, 0.3) is 5.91 Å². The molecule has 0 saturated carbocycles. The number of hydroxylamine groups is 3. The Hall–Kier alpha value is -2.74. The monoisotopic (exact) mass is 478 g/mol. The first-order valence-electron chi connectivity index (χ1n) is 10.6. The van der Waals surface area contributed by atoms with Gasteiger partial charge in [-0.2, -0.15) is 18.7 Å². The number of urea groups is 1. The predicted molar refractivity (Wildman–Crippen MR) is 104 cm³/mol. The third-order valence-corrected chi connectivity index (χ3v) is 5.54. The van der Waals surface area contributed by atoms with Crippen molar-refractivity contribution in [3.05, 3.63) is 0 Å². The van der Waals surface area contributed by atoms with Crippen LogP contribution < -0.4 is 5.48 Å². The highest BCUT2D eigenvalue weighted by molar-refractivity contribution is 5.88. The molecule has 4 amide bonds. The first kappa shape index (κ1) is 24.9. The van der Waals surface area contributed by atoms with Crippen molar-refractivity contribution in [2.45, 2.75) is 76.3 Å². The van der Waals surface area contributed by atoms with Gasteiger partial charge in [0.1, 0.15) is 11.6 Å². The number of carbonyl (C=O) groups excluding carboxylic acids is 3. The molecule has 0 radical (unpaired) electrons. The van der Waals surface area contributed by atoms with E-state index >= 15 is 0 Å². The number of nitrogens with zero attached hydrogens (tertiary/aromatic N) is 3. The fraction of sp³-hybridized carbons (Fsp3) is 0.789.